The molecule has 0 unspecified atom stereocenters. The average molecular weight is 295 g/mol. The van der Waals surface area contributed by atoms with Crippen LogP contribution in [0.5, 0.6) is 0 Å². The predicted molar refractivity (Wildman–Crippen MR) is 70.8 cm³/mol. The Morgan fingerprint density at radius 3 is 2.20 bits per heavy atom. The number of aromatic carboxylic acids is 2. The molecule has 0 amide bonds. The third-order valence-corrected chi connectivity index (χ3v) is 3.05. The summed E-state index contributed by atoms with van der Waals surface area (Å²) < 4.78 is 13.1. The summed E-state index contributed by atoms with van der Waals surface area (Å²) in [5, 5.41) is 18.1. The largest absolute Gasteiger partial charge is 0.478 e. The Kier molecular flexibility index (Phi) is 3.72. The molecular formula is C14H8ClFO4. The summed E-state index contributed by atoms with van der Waals surface area (Å²) in [6, 6.07) is 7.37. The third kappa shape index (κ3) is 2.62. The van der Waals surface area contributed by atoms with E-state index in [0.717, 1.165) is 12.1 Å². The average Bonchev–Trinajstić information content (AvgIpc) is 2.39. The number of halogens is 2. The van der Waals surface area contributed by atoms with E-state index < -0.39 is 17.8 Å². The fourth-order valence-electron chi connectivity index (χ4n) is 1.80. The van der Waals surface area contributed by atoms with Gasteiger partial charge in [0, 0.05) is 0 Å². The highest BCUT2D eigenvalue weighted by atomic mass is 35.5. The molecule has 0 atom stereocenters. The van der Waals surface area contributed by atoms with Crippen LogP contribution in [-0.2, 0) is 0 Å². The van der Waals surface area contributed by atoms with Gasteiger partial charge in [-0.05, 0) is 35.4 Å². The van der Waals surface area contributed by atoms with E-state index in [9.17, 15) is 14.0 Å². The number of carboxylic acids is 2. The van der Waals surface area contributed by atoms with Gasteiger partial charge in [0.15, 0.2) is 0 Å². The molecule has 2 aromatic rings. The summed E-state index contributed by atoms with van der Waals surface area (Å²) in [7, 11) is 0. The maximum Gasteiger partial charge on any atom is 0.337 e. The van der Waals surface area contributed by atoms with Gasteiger partial charge in [0.25, 0.3) is 0 Å². The van der Waals surface area contributed by atoms with Gasteiger partial charge in [0.05, 0.1) is 16.1 Å². The maximum atomic E-state index is 13.1. The Morgan fingerprint density at radius 1 is 0.950 bits per heavy atom. The van der Waals surface area contributed by atoms with Crippen molar-refractivity contribution in [2.24, 2.45) is 0 Å². The van der Waals surface area contributed by atoms with Crippen LogP contribution in [0.4, 0.5) is 4.39 Å². The van der Waals surface area contributed by atoms with Gasteiger partial charge < -0.3 is 10.2 Å². The highest BCUT2D eigenvalue weighted by Crippen LogP contribution is 2.28. The lowest BCUT2D eigenvalue weighted by Gasteiger charge is -2.08. The van der Waals surface area contributed by atoms with E-state index in [1.165, 1.54) is 24.3 Å². The standard InChI is InChI=1S/C14H8ClFO4/c15-12-4-1-7(5-11(12)14(19)20)9-3-2-8(16)6-10(9)13(17)18/h1-6H,(H,17,18)(H,19,20). The van der Waals surface area contributed by atoms with Crippen LogP contribution in [0.2, 0.25) is 5.02 Å². The highest BCUT2D eigenvalue weighted by Gasteiger charge is 2.16. The molecule has 0 heterocycles. The van der Waals surface area contributed by atoms with Crippen LogP contribution in [0.25, 0.3) is 11.1 Å². The van der Waals surface area contributed by atoms with E-state index in [1.54, 1.807) is 0 Å². The van der Waals surface area contributed by atoms with Crippen molar-refractivity contribution >= 4 is 23.5 Å². The predicted octanol–water partition coefficient (Wildman–Crippen LogP) is 3.54. The van der Waals surface area contributed by atoms with Gasteiger partial charge >= 0.3 is 11.9 Å². The molecule has 0 aliphatic carbocycles. The van der Waals surface area contributed by atoms with Gasteiger partial charge in [-0.1, -0.05) is 23.7 Å². The minimum Gasteiger partial charge on any atom is -0.478 e. The van der Waals surface area contributed by atoms with Gasteiger partial charge in [-0.2, -0.15) is 0 Å². The van der Waals surface area contributed by atoms with Gasteiger partial charge in [-0.15, -0.1) is 0 Å². The Bertz CT molecular complexity index is 712. The Hall–Kier alpha value is -2.40. The van der Waals surface area contributed by atoms with Crippen molar-refractivity contribution in [1.82, 2.24) is 0 Å². The molecule has 0 aromatic heterocycles. The molecule has 0 saturated carbocycles. The quantitative estimate of drug-likeness (QED) is 0.908. The third-order valence-electron chi connectivity index (χ3n) is 2.72. The summed E-state index contributed by atoms with van der Waals surface area (Å²) in [5.41, 5.74) is 0.163. The topological polar surface area (TPSA) is 74.6 Å². The van der Waals surface area contributed by atoms with E-state index in [-0.39, 0.29) is 21.7 Å². The number of benzene rings is 2. The molecule has 2 N–H and O–H groups in total. The number of hydrogen-bond donors (Lipinski definition) is 2. The molecule has 0 radical (unpaired) electrons. The smallest absolute Gasteiger partial charge is 0.337 e. The molecule has 102 valence electrons. The fraction of sp³-hybridized carbons (Fsp3) is 0. The lowest BCUT2D eigenvalue weighted by atomic mass is 9.98. The molecule has 0 saturated heterocycles. The van der Waals surface area contributed by atoms with Crippen LogP contribution in [-0.4, -0.2) is 22.2 Å². The maximum absolute atomic E-state index is 13.1. The monoisotopic (exact) mass is 294 g/mol. The van der Waals surface area contributed by atoms with Crippen molar-refractivity contribution in [1.29, 1.82) is 0 Å². The number of rotatable bonds is 3. The zero-order valence-electron chi connectivity index (χ0n) is 9.93. The van der Waals surface area contributed by atoms with E-state index in [2.05, 4.69) is 0 Å². The summed E-state index contributed by atoms with van der Waals surface area (Å²) in [6.07, 6.45) is 0. The van der Waals surface area contributed by atoms with Gasteiger partial charge in [-0.25, -0.2) is 14.0 Å². The Morgan fingerprint density at radius 2 is 1.60 bits per heavy atom. The van der Waals surface area contributed by atoms with Crippen molar-refractivity contribution < 1.29 is 24.2 Å². The Balaban J connectivity index is 2.66. The van der Waals surface area contributed by atoms with E-state index >= 15 is 0 Å². The van der Waals surface area contributed by atoms with Gasteiger partial charge in [0.1, 0.15) is 5.82 Å². The minimum absolute atomic E-state index is 0.0419. The molecule has 6 heteroatoms. The van der Waals surface area contributed by atoms with Gasteiger partial charge in [0.2, 0.25) is 0 Å². The van der Waals surface area contributed by atoms with Crippen molar-refractivity contribution in [3.05, 3.63) is 58.4 Å². The second-order valence-electron chi connectivity index (χ2n) is 3.99. The summed E-state index contributed by atoms with van der Waals surface area (Å²) in [4.78, 5) is 22.1. The Labute approximate surface area is 118 Å². The molecular weight excluding hydrogens is 287 g/mol. The summed E-state index contributed by atoms with van der Waals surface area (Å²) in [5.74, 6) is -3.21. The van der Waals surface area contributed by atoms with Crippen molar-refractivity contribution in [2.45, 2.75) is 0 Å². The molecule has 0 aliphatic rings. The van der Waals surface area contributed by atoms with E-state index in [1.807, 2.05) is 0 Å². The molecule has 0 fully saturated rings. The molecule has 2 aromatic carbocycles. The van der Waals surface area contributed by atoms with Crippen LogP contribution in [0.15, 0.2) is 36.4 Å². The van der Waals surface area contributed by atoms with Crippen LogP contribution >= 0.6 is 11.6 Å². The molecule has 0 bridgehead atoms. The number of carboxylic acid groups (broad SMARTS) is 2. The van der Waals surface area contributed by atoms with Crippen molar-refractivity contribution in [3.63, 3.8) is 0 Å². The fourth-order valence-corrected chi connectivity index (χ4v) is 2.00. The molecule has 2 rings (SSSR count). The van der Waals surface area contributed by atoms with Crippen LogP contribution in [0, 0.1) is 5.82 Å². The van der Waals surface area contributed by atoms with Crippen LogP contribution in [0.3, 0.4) is 0 Å². The second kappa shape index (κ2) is 5.30. The molecule has 4 nitrogen and oxygen atoms in total. The van der Waals surface area contributed by atoms with Gasteiger partial charge in [-0.3, -0.25) is 0 Å². The zero-order valence-corrected chi connectivity index (χ0v) is 10.7. The zero-order chi connectivity index (χ0) is 14.9. The van der Waals surface area contributed by atoms with Crippen molar-refractivity contribution in [2.75, 3.05) is 0 Å². The first-order valence-corrected chi connectivity index (χ1v) is 5.84. The summed E-state index contributed by atoms with van der Waals surface area (Å²) >= 11 is 5.75. The SMILES string of the molecule is O=C(O)c1cc(-c2ccc(F)cc2C(=O)O)ccc1Cl. The van der Waals surface area contributed by atoms with E-state index in [4.69, 9.17) is 21.8 Å². The number of carbonyl (C=O) groups is 2. The van der Waals surface area contributed by atoms with Crippen LogP contribution < -0.4 is 0 Å². The van der Waals surface area contributed by atoms with Crippen molar-refractivity contribution in [3.8, 4) is 11.1 Å². The lowest BCUT2D eigenvalue weighted by Crippen LogP contribution is -2.02. The van der Waals surface area contributed by atoms with Crippen LogP contribution in [0.1, 0.15) is 20.7 Å². The molecule has 0 aliphatic heterocycles. The minimum atomic E-state index is -1.30. The second-order valence-corrected chi connectivity index (χ2v) is 4.40. The first-order chi connectivity index (χ1) is 9.40. The molecule has 20 heavy (non-hydrogen) atoms. The number of hydrogen-bond acceptors (Lipinski definition) is 2. The lowest BCUT2D eigenvalue weighted by molar-refractivity contribution is 0.0687. The first-order valence-electron chi connectivity index (χ1n) is 5.46. The highest BCUT2D eigenvalue weighted by molar-refractivity contribution is 6.33. The summed E-state index contributed by atoms with van der Waals surface area (Å²) in [6.45, 7) is 0. The first kappa shape index (κ1) is 14.0. The normalized spacial score (nSPS) is 10.3. The van der Waals surface area contributed by atoms with E-state index in [0.29, 0.717) is 5.56 Å². The molecule has 0 spiro atoms.